The Bertz CT molecular complexity index is 392. The zero-order valence-electron chi connectivity index (χ0n) is 14.3. The number of nitrogens with zero attached hydrogens (tertiary/aromatic N) is 2. The van der Waals surface area contributed by atoms with E-state index in [9.17, 15) is 9.59 Å². The summed E-state index contributed by atoms with van der Waals surface area (Å²) in [6.45, 7) is 6.26. The lowest BCUT2D eigenvalue weighted by molar-refractivity contribution is -0.135. The van der Waals surface area contributed by atoms with E-state index in [0.29, 0.717) is 32.2 Å². The van der Waals surface area contributed by atoms with Crippen molar-refractivity contribution in [2.24, 2.45) is 11.7 Å². The molecule has 0 bridgehead atoms. The standard InChI is InChI=1S/C16H30N4O2.ClH/c1-12(2)14(17)15(21)19-8-10-20(11-9-19)16(22)18-13-6-4-3-5-7-13;/h12-14H,3-11,17H2,1-2H3,(H,18,22);1H/t14-;/m0./s1. The Balaban J connectivity index is 0.00000264. The van der Waals surface area contributed by atoms with Gasteiger partial charge in [-0.2, -0.15) is 0 Å². The number of halogens is 1. The number of carbonyl (C=O) groups excluding carboxylic acids is 2. The monoisotopic (exact) mass is 346 g/mol. The van der Waals surface area contributed by atoms with E-state index in [-0.39, 0.29) is 30.3 Å². The number of piperazine rings is 1. The zero-order chi connectivity index (χ0) is 16.1. The minimum atomic E-state index is -0.442. The normalized spacial score (nSPS) is 20.9. The van der Waals surface area contributed by atoms with Gasteiger partial charge in [0.05, 0.1) is 6.04 Å². The maximum Gasteiger partial charge on any atom is 0.317 e. The fourth-order valence-corrected chi connectivity index (χ4v) is 3.14. The molecule has 2 fully saturated rings. The van der Waals surface area contributed by atoms with Crippen LogP contribution in [0.3, 0.4) is 0 Å². The molecule has 0 radical (unpaired) electrons. The Morgan fingerprint density at radius 1 is 1.00 bits per heavy atom. The summed E-state index contributed by atoms with van der Waals surface area (Å²) in [6, 6.07) is -0.0925. The second kappa shape index (κ2) is 9.33. The zero-order valence-corrected chi connectivity index (χ0v) is 15.1. The molecule has 2 rings (SSSR count). The highest BCUT2D eigenvalue weighted by Crippen LogP contribution is 2.18. The van der Waals surface area contributed by atoms with Crippen molar-refractivity contribution in [3.05, 3.63) is 0 Å². The molecule has 3 amide bonds. The second-order valence-electron chi connectivity index (χ2n) is 6.87. The largest absolute Gasteiger partial charge is 0.338 e. The van der Waals surface area contributed by atoms with Crippen molar-refractivity contribution >= 4 is 24.3 Å². The third-order valence-corrected chi connectivity index (χ3v) is 4.81. The van der Waals surface area contributed by atoms with Crippen molar-refractivity contribution in [2.75, 3.05) is 26.2 Å². The van der Waals surface area contributed by atoms with E-state index in [4.69, 9.17) is 5.73 Å². The van der Waals surface area contributed by atoms with E-state index in [2.05, 4.69) is 5.32 Å². The molecule has 23 heavy (non-hydrogen) atoms. The molecule has 7 heteroatoms. The van der Waals surface area contributed by atoms with Crippen molar-refractivity contribution < 1.29 is 9.59 Å². The highest BCUT2D eigenvalue weighted by molar-refractivity contribution is 5.85. The fourth-order valence-electron chi connectivity index (χ4n) is 3.14. The van der Waals surface area contributed by atoms with Gasteiger partial charge in [-0.3, -0.25) is 4.79 Å². The summed E-state index contributed by atoms with van der Waals surface area (Å²) >= 11 is 0. The van der Waals surface area contributed by atoms with Crippen LogP contribution in [0.2, 0.25) is 0 Å². The predicted octanol–water partition coefficient (Wildman–Crippen LogP) is 1.58. The Morgan fingerprint density at radius 2 is 1.52 bits per heavy atom. The average molecular weight is 347 g/mol. The Labute approximate surface area is 145 Å². The van der Waals surface area contributed by atoms with Crippen LogP contribution in [0, 0.1) is 5.92 Å². The molecule has 134 valence electrons. The number of hydrogen-bond donors (Lipinski definition) is 2. The van der Waals surface area contributed by atoms with Crippen molar-refractivity contribution in [3.8, 4) is 0 Å². The van der Waals surface area contributed by atoms with Crippen molar-refractivity contribution in [1.82, 2.24) is 15.1 Å². The van der Waals surface area contributed by atoms with Gasteiger partial charge in [0, 0.05) is 32.2 Å². The van der Waals surface area contributed by atoms with Gasteiger partial charge in [0.15, 0.2) is 0 Å². The predicted molar refractivity (Wildman–Crippen MR) is 93.6 cm³/mol. The Kier molecular flexibility index (Phi) is 8.12. The molecule has 1 aliphatic carbocycles. The lowest BCUT2D eigenvalue weighted by Crippen LogP contribution is -2.57. The van der Waals surface area contributed by atoms with E-state index in [0.717, 1.165) is 12.8 Å². The smallest absolute Gasteiger partial charge is 0.317 e. The van der Waals surface area contributed by atoms with Crippen LogP contribution in [0.1, 0.15) is 46.0 Å². The maximum absolute atomic E-state index is 12.3. The van der Waals surface area contributed by atoms with Crippen LogP contribution >= 0.6 is 12.4 Å². The molecule has 0 unspecified atom stereocenters. The summed E-state index contributed by atoms with van der Waals surface area (Å²) in [5.41, 5.74) is 5.92. The van der Waals surface area contributed by atoms with Crippen LogP contribution in [0.5, 0.6) is 0 Å². The van der Waals surface area contributed by atoms with Crippen molar-refractivity contribution in [2.45, 2.75) is 58.0 Å². The summed E-state index contributed by atoms with van der Waals surface area (Å²) in [5, 5.41) is 3.13. The lowest BCUT2D eigenvalue weighted by Gasteiger charge is -2.37. The van der Waals surface area contributed by atoms with Gasteiger partial charge in [0.1, 0.15) is 0 Å². The molecular weight excluding hydrogens is 316 g/mol. The van der Waals surface area contributed by atoms with Gasteiger partial charge in [-0.05, 0) is 18.8 Å². The first kappa shape index (κ1) is 20.0. The molecule has 0 aromatic heterocycles. The van der Waals surface area contributed by atoms with E-state index in [1.54, 1.807) is 4.90 Å². The van der Waals surface area contributed by atoms with Gasteiger partial charge in [0.25, 0.3) is 0 Å². The first-order valence-electron chi connectivity index (χ1n) is 8.59. The molecule has 0 aromatic rings. The van der Waals surface area contributed by atoms with Crippen LogP contribution < -0.4 is 11.1 Å². The number of hydrogen-bond acceptors (Lipinski definition) is 3. The summed E-state index contributed by atoms with van der Waals surface area (Å²) in [7, 11) is 0. The second-order valence-corrected chi connectivity index (χ2v) is 6.87. The van der Waals surface area contributed by atoms with Crippen LogP contribution in [0.25, 0.3) is 0 Å². The van der Waals surface area contributed by atoms with Crippen LogP contribution in [-0.2, 0) is 4.79 Å². The summed E-state index contributed by atoms with van der Waals surface area (Å²) in [6.07, 6.45) is 5.88. The molecule has 2 aliphatic rings. The van der Waals surface area contributed by atoms with Crippen LogP contribution in [0.15, 0.2) is 0 Å². The van der Waals surface area contributed by atoms with Gasteiger partial charge in [-0.25, -0.2) is 4.79 Å². The van der Waals surface area contributed by atoms with Crippen LogP contribution in [0.4, 0.5) is 4.79 Å². The van der Waals surface area contributed by atoms with Gasteiger partial charge in [-0.15, -0.1) is 12.4 Å². The molecule has 6 nitrogen and oxygen atoms in total. The summed E-state index contributed by atoms with van der Waals surface area (Å²) in [5.74, 6) is 0.141. The number of carbonyl (C=O) groups is 2. The molecule has 1 heterocycles. The highest BCUT2D eigenvalue weighted by atomic mass is 35.5. The van der Waals surface area contributed by atoms with E-state index in [1.807, 2.05) is 18.7 Å². The fraction of sp³-hybridized carbons (Fsp3) is 0.875. The average Bonchev–Trinajstić information content (AvgIpc) is 2.54. The van der Waals surface area contributed by atoms with Crippen molar-refractivity contribution in [3.63, 3.8) is 0 Å². The first-order chi connectivity index (χ1) is 10.5. The Morgan fingerprint density at radius 3 is 2.04 bits per heavy atom. The number of nitrogens with two attached hydrogens (primary N) is 1. The molecular formula is C16H31ClN4O2. The van der Waals surface area contributed by atoms with E-state index < -0.39 is 6.04 Å². The Hall–Kier alpha value is -1.01. The highest BCUT2D eigenvalue weighted by Gasteiger charge is 2.29. The first-order valence-corrected chi connectivity index (χ1v) is 8.59. The number of nitrogens with one attached hydrogen (secondary N) is 1. The third-order valence-electron chi connectivity index (χ3n) is 4.81. The third kappa shape index (κ3) is 5.53. The van der Waals surface area contributed by atoms with E-state index >= 15 is 0 Å². The van der Waals surface area contributed by atoms with E-state index in [1.165, 1.54) is 19.3 Å². The van der Waals surface area contributed by atoms with Gasteiger partial charge < -0.3 is 20.9 Å². The molecule has 0 aromatic carbocycles. The summed E-state index contributed by atoms with van der Waals surface area (Å²) in [4.78, 5) is 28.1. The SMILES string of the molecule is CC(C)[C@H](N)C(=O)N1CCN(C(=O)NC2CCCCC2)CC1.Cl. The van der Waals surface area contributed by atoms with Crippen molar-refractivity contribution in [1.29, 1.82) is 0 Å². The minimum absolute atomic E-state index is 0. The number of amides is 3. The minimum Gasteiger partial charge on any atom is -0.338 e. The number of rotatable bonds is 3. The lowest BCUT2D eigenvalue weighted by atomic mass is 9.96. The maximum atomic E-state index is 12.3. The molecule has 1 aliphatic heterocycles. The molecule has 1 atom stereocenters. The van der Waals surface area contributed by atoms with Gasteiger partial charge >= 0.3 is 6.03 Å². The van der Waals surface area contributed by atoms with Crippen LogP contribution in [-0.4, -0.2) is 60.0 Å². The topological polar surface area (TPSA) is 78.7 Å². The van der Waals surface area contributed by atoms with Gasteiger partial charge in [0.2, 0.25) is 5.91 Å². The van der Waals surface area contributed by atoms with Gasteiger partial charge in [-0.1, -0.05) is 33.1 Å². The quantitative estimate of drug-likeness (QED) is 0.814. The summed E-state index contributed by atoms with van der Waals surface area (Å²) < 4.78 is 0. The molecule has 0 spiro atoms. The number of urea groups is 1. The molecule has 3 N–H and O–H groups in total. The molecule has 1 saturated carbocycles. The molecule has 1 saturated heterocycles.